The Bertz CT molecular complexity index is 1330. The van der Waals surface area contributed by atoms with E-state index < -0.39 is 12.0 Å². The Morgan fingerprint density at radius 1 is 1.26 bits per heavy atom. The monoisotopic (exact) mass is 441 g/mol. The first-order valence-electron chi connectivity index (χ1n) is 9.89. The summed E-state index contributed by atoms with van der Waals surface area (Å²) < 4.78 is 28.8. The highest BCUT2D eigenvalue weighted by atomic mass is 32.1. The zero-order chi connectivity index (χ0) is 21.7. The van der Waals surface area contributed by atoms with Crippen molar-refractivity contribution in [3.63, 3.8) is 0 Å². The molecule has 1 unspecified atom stereocenters. The third-order valence-corrected chi connectivity index (χ3v) is 6.16. The number of benzene rings is 2. The lowest BCUT2D eigenvalue weighted by atomic mass is 10.2. The second-order valence-corrected chi connectivity index (χ2v) is 8.48. The van der Waals surface area contributed by atoms with Crippen molar-refractivity contribution in [2.45, 2.75) is 32.4 Å². The predicted octanol–water partition coefficient (Wildman–Crippen LogP) is 3.46. The number of hydrogen-bond acceptors (Lipinski definition) is 7. The van der Waals surface area contributed by atoms with Gasteiger partial charge in [0.05, 0.1) is 22.3 Å². The van der Waals surface area contributed by atoms with Crippen LogP contribution in [0.4, 0.5) is 9.52 Å². The first-order chi connectivity index (χ1) is 14.9. The molecule has 1 atom stereocenters. The van der Waals surface area contributed by atoms with Crippen molar-refractivity contribution < 1.29 is 18.7 Å². The average Bonchev–Trinajstić information content (AvgIpc) is 3.25. The minimum absolute atomic E-state index is 0.315. The van der Waals surface area contributed by atoms with Crippen LogP contribution in [0, 0.1) is 5.82 Å². The van der Waals surface area contributed by atoms with E-state index in [9.17, 15) is 9.18 Å². The summed E-state index contributed by atoms with van der Waals surface area (Å²) in [5.41, 5.74) is 13.6. The van der Waals surface area contributed by atoms with Crippen LogP contribution in [-0.2, 0) is 11.3 Å². The number of nitrogens with zero attached hydrogens (tertiary/aromatic N) is 3. The summed E-state index contributed by atoms with van der Waals surface area (Å²) in [7, 11) is 0. The van der Waals surface area contributed by atoms with Crippen molar-refractivity contribution in [2.75, 3.05) is 12.3 Å². The largest absolute Gasteiger partial charge is 0.491 e. The molecule has 0 saturated carbocycles. The normalized spacial score (nSPS) is 14.8. The van der Waals surface area contributed by atoms with E-state index >= 15 is 0 Å². The molecule has 0 saturated heterocycles. The molecule has 0 bridgehead atoms. The number of nitrogens with two attached hydrogens (primary N) is 2. The van der Waals surface area contributed by atoms with Crippen LogP contribution < -0.4 is 20.9 Å². The number of primary amides is 1. The number of carbonyl (C=O) groups is 1. The number of hydrogen-bond donors (Lipinski definition) is 2. The lowest BCUT2D eigenvalue weighted by molar-refractivity contribution is -0.123. The molecule has 2 aromatic heterocycles. The first kappa shape index (κ1) is 19.6. The molecule has 4 N–H and O–H groups in total. The minimum atomic E-state index is -0.800. The molecule has 0 spiro atoms. The molecule has 0 aliphatic carbocycles. The van der Waals surface area contributed by atoms with E-state index in [2.05, 4.69) is 4.98 Å². The number of anilines is 1. The third-order valence-electron chi connectivity index (χ3n) is 5.25. The second-order valence-electron chi connectivity index (χ2n) is 7.45. The molecule has 1 aliphatic rings. The number of rotatable bonds is 4. The first-order valence-corrected chi connectivity index (χ1v) is 10.7. The van der Waals surface area contributed by atoms with Crippen LogP contribution in [0.3, 0.4) is 0 Å². The van der Waals surface area contributed by atoms with Gasteiger partial charge in [0.15, 0.2) is 11.2 Å². The molecule has 160 valence electrons. The lowest BCUT2D eigenvalue weighted by Crippen LogP contribution is -2.30. The number of ether oxygens (including phenoxy) is 2. The zero-order valence-corrected chi connectivity index (χ0v) is 17.5. The zero-order valence-electron chi connectivity index (χ0n) is 16.7. The summed E-state index contributed by atoms with van der Waals surface area (Å²) in [5.74, 6) is 0.681. The van der Waals surface area contributed by atoms with Gasteiger partial charge in [-0.2, -0.15) is 0 Å². The van der Waals surface area contributed by atoms with Crippen molar-refractivity contribution in [3.05, 3.63) is 30.1 Å². The number of fused-ring (bicyclic) bond motifs is 1. The summed E-state index contributed by atoms with van der Waals surface area (Å²) in [6, 6.07) is 6.72. The van der Waals surface area contributed by atoms with E-state index in [1.165, 1.54) is 6.07 Å². The quantitative estimate of drug-likeness (QED) is 0.501. The van der Waals surface area contributed by atoms with Crippen LogP contribution in [0.1, 0.15) is 19.8 Å². The van der Waals surface area contributed by atoms with Crippen molar-refractivity contribution in [2.24, 2.45) is 5.73 Å². The van der Waals surface area contributed by atoms with E-state index in [0.717, 1.165) is 29.7 Å². The number of amides is 1. The number of thiazole rings is 1. The van der Waals surface area contributed by atoms with Crippen molar-refractivity contribution >= 4 is 43.6 Å². The van der Waals surface area contributed by atoms with Gasteiger partial charge in [-0.15, -0.1) is 0 Å². The Morgan fingerprint density at radius 2 is 2.10 bits per heavy atom. The molecular formula is C21H20FN5O3S. The summed E-state index contributed by atoms with van der Waals surface area (Å²) in [6.45, 7) is 2.85. The van der Waals surface area contributed by atoms with Crippen LogP contribution in [0.2, 0.25) is 0 Å². The topological polar surface area (TPSA) is 118 Å². The molecule has 10 heteroatoms. The molecule has 5 rings (SSSR count). The van der Waals surface area contributed by atoms with Gasteiger partial charge in [0.25, 0.3) is 5.91 Å². The minimum Gasteiger partial charge on any atom is -0.491 e. The molecule has 8 nitrogen and oxygen atoms in total. The van der Waals surface area contributed by atoms with E-state index in [0.29, 0.717) is 56.9 Å². The Hall–Kier alpha value is -3.40. The van der Waals surface area contributed by atoms with Crippen molar-refractivity contribution in [3.8, 4) is 22.9 Å². The van der Waals surface area contributed by atoms with Gasteiger partial charge in [0.1, 0.15) is 28.7 Å². The Morgan fingerprint density at radius 3 is 2.90 bits per heavy atom. The number of imidazole rings is 1. The van der Waals surface area contributed by atoms with Gasteiger partial charge in [-0.3, -0.25) is 4.79 Å². The maximum Gasteiger partial charge on any atom is 0.258 e. The van der Waals surface area contributed by atoms with Gasteiger partial charge in [0, 0.05) is 24.2 Å². The summed E-state index contributed by atoms with van der Waals surface area (Å²) in [6.07, 6.45) is 0.951. The van der Waals surface area contributed by atoms with Crippen LogP contribution in [0.25, 0.3) is 32.6 Å². The SMILES string of the molecule is CC(Oc1cc2c3c(c1)nc(-c1cc(F)c4sc(N)nc4c1)n3CCCCO2)C(N)=O. The fourth-order valence-electron chi connectivity index (χ4n) is 3.78. The van der Waals surface area contributed by atoms with Crippen molar-refractivity contribution in [1.82, 2.24) is 14.5 Å². The highest BCUT2D eigenvalue weighted by Crippen LogP contribution is 2.38. The van der Waals surface area contributed by atoms with E-state index in [1.54, 1.807) is 25.1 Å². The molecule has 4 aromatic rings. The molecule has 0 fully saturated rings. The predicted molar refractivity (Wildman–Crippen MR) is 117 cm³/mol. The average molecular weight is 441 g/mol. The smallest absolute Gasteiger partial charge is 0.258 e. The maximum atomic E-state index is 14.7. The van der Waals surface area contributed by atoms with Crippen LogP contribution in [0.15, 0.2) is 24.3 Å². The summed E-state index contributed by atoms with van der Waals surface area (Å²) >= 11 is 1.12. The fraction of sp³-hybridized carbons (Fsp3) is 0.286. The fourth-order valence-corrected chi connectivity index (χ4v) is 4.49. The molecule has 1 amide bonds. The third kappa shape index (κ3) is 3.42. The van der Waals surface area contributed by atoms with Gasteiger partial charge < -0.3 is 25.5 Å². The standard InChI is InChI=1S/C21H20FN5O3S/c1-10(19(23)28)30-12-8-14-17-16(9-12)29-5-3-2-4-27(17)20(25-14)11-6-13(22)18-15(7-11)26-21(24)31-18/h6-10H,2-5H2,1H3,(H2,23,28)(H2,24,26). The molecule has 0 radical (unpaired) electrons. The lowest BCUT2D eigenvalue weighted by Gasteiger charge is -2.18. The number of aromatic nitrogens is 3. The highest BCUT2D eigenvalue weighted by Gasteiger charge is 2.22. The van der Waals surface area contributed by atoms with Crippen LogP contribution in [-0.4, -0.2) is 33.2 Å². The van der Waals surface area contributed by atoms with Crippen LogP contribution >= 0.6 is 11.3 Å². The molecule has 1 aliphatic heterocycles. The van der Waals surface area contributed by atoms with E-state index in [4.69, 9.17) is 25.9 Å². The van der Waals surface area contributed by atoms with E-state index in [1.807, 2.05) is 4.57 Å². The van der Waals surface area contributed by atoms with Gasteiger partial charge in [-0.05, 0) is 31.9 Å². The van der Waals surface area contributed by atoms with Crippen LogP contribution in [0.5, 0.6) is 11.5 Å². The maximum absolute atomic E-state index is 14.7. The Balaban J connectivity index is 1.70. The number of carbonyl (C=O) groups excluding carboxylic acids is 1. The van der Waals surface area contributed by atoms with Gasteiger partial charge in [-0.25, -0.2) is 14.4 Å². The molecule has 31 heavy (non-hydrogen) atoms. The molecular weight excluding hydrogens is 421 g/mol. The van der Waals surface area contributed by atoms with E-state index in [-0.39, 0.29) is 5.82 Å². The van der Waals surface area contributed by atoms with Gasteiger partial charge in [0.2, 0.25) is 0 Å². The number of aryl methyl sites for hydroxylation is 1. The second kappa shape index (κ2) is 7.38. The van der Waals surface area contributed by atoms with Gasteiger partial charge >= 0.3 is 0 Å². The summed E-state index contributed by atoms with van der Waals surface area (Å²) in [5, 5.41) is 0.315. The highest BCUT2D eigenvalue weighted by molar-refractivity contribution is 7.22. The molecule has 2 aromatic carbocycles. The molecule has 3 heterocycles. The number of halogens is 1. The Labute approximate surface area is 180 Å². The summed E-state index contributed by atoms with van der Waals surface area (Å²) in [4.78, 5) is 20.4. The van der Waals surface area contributed by atoms with Gasteiger partial charge in [-0.1, -0.05) is 11.3 Å². The number of nitrogen functional groups attached to an aromatic ring is 1. The Kier molecular flexibility index (Phi) is 4.66. The van der Waals surface area contributed by atoms with Crippen molar-refractivity contribution in [1.29, 1.82) is 0 Å².